The van der Waals surface area contributed by atoms with Crippen LogP contribution in [0.15, 0.2) is 30.5 Å². The van der Waals surface area contributed by atoms with E-state index in [1.165, 1.54) is 4.90 Å². The number of rotatable bonds is 7. The lowest BCUT2D eigenvalue weighted by Gasteiger charge is -2.23. The van der Waals surface area contributed by atoms with Gasteiger partial charge in [0.15, 0.2) is 17.5 Å². The van der Waals surface area contributed by atoms with Gasteiger partial charge < -0.3 is 15.1 Å². The molecular weight excluding hydrogens is 397 g/mol. The largest absolute Gasteiger partial charge is 0.371 e. The molecule has 160 valence electrons. The summed E-state index contributed by atoms with van der Waals surface area (Å²) in [5.41, 5.74) is 0.618. The molecule has 1 N–H and O–H groups in total. The Hall–Kier alpha value is -3.10. The molecule has 2 aromatic rings. The van der Waals surface area contributed by atoms with Gasteiger partial charge >= 0.3 is 0 Å². The van der Waals surface area contributed by atoms with Gasteiger partial charge in [0, 0.05) is 31.5 Å². The zero-order valence-corrected chi connectivity index (χ0v) is 16.6. The molecule has 1 aromatic carbocycles. The second-order valence-electron chi connectivity index (χ2n) is 7.09. The smallest absolute Gasteiger partial charge is 0.272 e. The van der Waals surface area contributed by atoms with E-state index < -0.39 is 35.0 Å². The summed E-state index contributed by atoms with van der Waals surface area (Å²) in [6, 6.07) is 5.18. The summed E-state index contributed by atoms with van der Waals surface area (Å²) in [4.78, 5) is 32.9. The molecule has 1 aromatic heterocycles. The summed E-state index contributed by atoms with van der Waals surface area (Å²) in [6.07, 6.45) is 4.33. The van der Waals surface area contributed by atoms with Crippen LogP contribution >= 0.6 is 0 Å². The van der Waals surface area contributed by atoms with Gasteiger partial charge in [-0.15, -0.1) is 0 Å². The molecule has 0 atom stereocenters. The lowest BCUT2D eigenvalue weighted by molar-refractivity contribution is -0.116. The monoisotopic (exact) mass is 420 g/mol. The number of halogens is 3. The minimum Gasteiger partial charge on any atom is -0.371 e. The fourth-order valence-corrected chi connectivity index (χ4v) is 3.38. The highest BCUT2D eigenvalue weighted by atomic mass is 19.2. The average Bonchev–Trinajstić information content (AvgIpc) is 3.28. The van der Waals surface area contributed by atoms with Crippen molar-refractivity contribution in [2.75, 3.05) is 36.4 Å². The number of aromatic nitrogens is 1. The number of hydrogen-bond acceptors (Lipinski definition) is 4. The topological polar surface area (TPSA) is 65.5 Å². The van der Waals surface area contributed by atoms with Gasteiger partial charge in [0.1, 0.15) is 12.2 Å². The van der Waals surface area contributed by atoms with Gasteiger partial charge in [0.25, 0.3) is 5.91 Å². The standard InChI is InChI=1S/C21H23F3N4O2/c1-2-9-28(13-18(29)26-16-6-5-15(22)19(23)20(16)24)21(30)17-12-14(7-8-25-17)27-10-3-4-11-27/h5-8,12H,2-4,9-11,13H2,1H3,(H,26,29). The molecule has 2 heterocycles. The highest BCUT2D eigenvalue weighted by Gasteiger charge is 2.22. The Bertz CT molecular complexity index is 932. The van der Waals surface area contributed by atoms with Crippen LogP contribution in [0, 0.1) is 17.5 Å². The van der Waals surface area contributed by atoms with Gasteiger partial charge in [-0.1, -0.05) is 6.92 Å². The lowest BCUT2D eigenvalue weighted by atomic mass is 10.2. The third kappa shape index (κ3) is 4.90. The van der Waals surface area contributed by atoms with Crippen LogP contribution in [0.5, 0.6) is 0 Å². The zero-order chi connectivity index (χ0) is 21.7. The number of carbonyl (C=O) groups excluding carboxylic acids is 2. The summed E-state index contributed by atoms with van der Waals surface area (Å²) in [5.74, 6) is -5.66. The molecule has 2 amide bonds. The van der Waals surface area contributed by atoms with E-state index >= 15 is 0 Å². The number of hydrogen-bond donors (Lipinski definition) is 1. The SMILES string of the molecule is CCCN(CC(=O)Nc1ccc(F)c(F)c1F)C(=O)c1cc(N2CCCC2)ccn1. The average molecular weight is 420 g/mol. The first-order chi connectivity index (χ1) is 14.4. The van der Waals surface area contributed by atoms with E-state index in [0.717, 1.165) is 43.8 Å². The maximum atomic E-state index is 13.8. The van der Waals surface area contributed by atoms with Crippen molar-refractivity contribution in [1.29, 1.82) is 0 Å². The van der Waals surface area contributed by atoms with Crippen LogP contribution in [0.2, 0.25) is 0 Å². The summed E-state index contributed by atoms with van der Waals surface area (Å²) < 4.78 is 40.2. The summed E-state index contributed by atoms with van der Waals surface area (Å²) in [6.45, 7) is 3.58. The van der Waals surface area contributed by atoms with Crippen molar-refractivity contribution in [2.24, 2.45) is 0 Å². The highest BCUT2D eigenvalue weighted by Crippen LogP contribution is 2.21. The minimum atomic E-state index is -1.67. The predicted molar refractivity (Wildman–Crippen MR) is 107 cm³/mol. The van der Waals surface area contributed by atoms with Crippen LogP contribution in [-0.2, 0) is 4.79 Å². The van der Waals surface area contributed by atoms with E-state index in [9.17, 15) is 22.8 Å². The molecule has 1 aliphatic heterocycles. The van der Waals surface area contributed by atoms with E-state index in [-0.39, 0.29) is 18.8 Å². The van der Waals surface area contributed by atoms with Gasteiger partial charge in [-0.3, -0.25) is 14.6 Å². The molecule has 1 saturated heterocycles. The Morgan fingerprint density at radius 3 is 2.57 bits per heavy atom. The lowest BCUT2D eigenvalue weighted by Crippen LogP contribution is -2.39. The molecular formula is C21H23F3N4O2. The van der Waals surface area contributed by atoms with Crippen molar-refractivity contribution in [2.45, 2.75) is 26.2 Å². The molecule has 0 saturated carbocycles. The molecule has 1 fully saturated rings. The molecule has 0 radical (unpaired) electrons. The maximum absolute atomic E-state index is 13.8. The van der Waals surface area contributed by atoms with Crippen molar-refractivity contribution >= 4 is 23.2 Å². The second-order valence-corrected chi connectivity index (χ2v) is 7.09. The summed E-state index contributed by atoms with van der Waals surface area (Å²) in [5, 5.41) is 2.19. The van der Waals surface area contributed by atoms with Crippen LogP contribution in [-0.4, -0.2) is 47.9 Å². The van der Waals surface area contributed by atoms with Crippen molar-refractivity contribution < 1.29 is 22.8 Å². The third-order valence-electron chi connectivity index (χ3n) is 4.86. The van der Waals surface area contributed by atoms with E-state index in [4.69, 9.17) is 0 Å². The second kappa shape index (κ2) is 9.60. The molecule has 0 bridgehead atoms. The van der Waals surface area contributed by atoms with Crippen LogP contribution in [0.4, 0.5) is 24.5 Å². The number of nitrogens with one attached hydrogen (secondary N) is 1. The summed E-state index contributed by atoms with van der Waals surface area (Å²) >= 11 is 0. The Labute approximate surface area is 172 Å². The molecule has 1 aliphatic rings. The van der Waals surface area contributed by atoms with Gasteiger partial charge in [0.2, 0.25) is 5.91 Å². The van der Waals surface area contributed by atoms with Crippen LogP contribution in [0.1, 0.15) is 36.7 Å². The molecule has 3 rings (SSSR count). The van der Waals surface area contributed by atoms with Crippen molar-refractivity contribution in [3.63, 3.8) is 0 Å². The van der Waals surface area contributed by atoms with Gasteiger partial charge in [-0.2, -0.15) is 0 Å². The minimum absolute atomic E-state index is 0.208. The fourth-order valence-electron chi connectivity index (χ4n) is 3.38. The number of nitrogens with zero attached hydrogens (tertiary/aromatic N) is 3. The van der Waals surface area contributed by atoms with Crippen LogP contribution < -0.4 is 10.2 Å². The van der Waals surface area contributed by atoms with E-state index in [1.807, 2.05) is 13.0 Å². The first-order valence-corrected chi connectivity index (χ1v) is 9.84. The van der Waals surface area contributed by atoms with Gasteiger partial charge in [-0.25, -0.2) is 13.2 Å². The molecule has 9 heteroatoms. The Morgan fingerprint density at radius 1 is 1.13 bits per heavy atom. The first-order valence-electron chi connectivity index (χ1n) is 9.84. The molecule has 0 spiro atoms. The van der Waals surface area contributed by atoms with Crippen molar-refractivity contribution in [3.05, 3.63) is 53.6 Å². The molecule has 0 aliphatic carbocycles. The third-order valence-corrected chi connectivity index (χ3v) is 4.86. The predicted octanol–water partition coefficient (Wildman–Crippen LogP) is 3.59. The highest BCUT2D eigenvalue weighted by molar-refractivity contribution is 5.98. The zero-order valence-electron chi connectivity index (χ0n) is 16.6. The fraction of sp³-hybridized carbons (Fsp3) is 0.381. The molecule has 6 nitrogen and oxygen atoms in total. The van der Waals surface area contributed by atoms with Crippen molar-refractivity contribution in [3.8, 4) is 0 Å². The van der Waals surface area contributed by atoms with E-state index in [0.29, 0.717) is 6.42 Å². The number of benzene rings is 1. The number of pyridine rings is 1. The van der Waals surface area contributed by atoms with Crippen LogP contribution in [0.3, 0.4) is 0 Å². The molecule has 0 unspecified atom stereocenters. The van der Waals surface area contributed by atoms with Crippen molar-refractivity contribution in [1.82, 2.24) is 9.88 Å². The Morgan fingerprint density at radius 2 is 1.87 bits per heavy atom. The van der Waals surface area contributed by atoms with E-state index in [1.54, 1.807) is 12.3 Å². The number of anilines is 2. The van der Waals surface area contributed by atoms with Gasteiger partial charge in [0.05, 0.1) is 5.69 Å². The number of amides is 2. The maximum Gasteiger partial charge on any atom is 0.272 e. The van der Waals surface area contributed by atoms with E-state index in [2.05, 4.69) is 15.2 Å². The quantitative estimate of drug-likeness (QED) is 0.696. The Balaban J connectivity index is 1.72. The first kappa shape index (κ1) is 21.6. The normalized spacial score (nSPS) is 13.4. The Kier molecular flexibility index (Phi) is 6.91. The number of carbonyl (C=O) groups is 2. The summed E-state index contributed by atoms with van der Waals surface area (Å²) in [7, 11) is 0. The van der Waals surface area contributed by atoms with Crippen LogP contribution in [0.25, 0.3) is 0 Å². The molecule has 30 heavy (non-hydrogen) atoms. The van der Waals surface area contributed by atoms with Gasteiger partial charge in [-0.05, 0) is 43.5 Å².